The van der Waals surface area contributed by atoms with Crippen molar-refractivity contribution in [1.82, 2.24) is 0 Å². The zero-order valence-electron chi connectivity index (χ0n) is 10.7. The van der Waals surface area contributed by atoms with Gasteiger partial charge in [-0.1, -0.05) is 0 Å². The Labute approximate surface area is 115 Å². The van der Waals surface area contributed by atoms with Crippen LogP contribution in [0.25, 0.3) is 0 Å². The second kappa shape index (κ2) is 5.05. The lowest BCUT2D eigenvalue weighted by Crippen LogP contribution is -2.47. The molecule has 0 bridgehead atoms. The second-order valence-electron chi connectivity index (χ2n) is 5.00. The Morgan fingerprint density at radius 3 is 2.89 bits per heavy atom. The van der Waals surface area contributed by atoms with E-state index in [9.17, 15) is 4.39 Å². The van der Waals surface area contributed by atoms with E-state index in [4.69, 9.17) is 10.5 Å². The first-order valence-corrected chi connectivity index (χ1v) is 6.79. The number of halogens is 2. The summed E-state index contributed by atoms with van der Waals surface area (Å²) in [5.41, 5.74) is 7.12. The maximum Gasteiger partial charge on any atom is 0.139 e. The molecule has 18 heavy (non-hydrogen) atoms. The SMILES string of the molecule is COC1(C)CCCN(c2cc(F)c(Br)cc2N)C1. The molecule has 0 saturated carbocycles. The molecule has 3 nitrogen and oxygen atoms in total. The molecule has 2 rings (SSSR count). The van der Waals surface area contributed by atoms with Crippen molar-refractivity contribution in [2.45, 2.75) is 25.4 Å². The van der Waals surface area contributed by atoms with E-state index in [-0.39, 0.29) is 11.4 Å². The number of nitrogens with zero attached hydrogens (tertiary/aromatic N) is 1. The average molecular weight is 317 g/mol. The molecule has 2 N–H and O–H groups in total. The summed E-state index contributed by atoms with van der Waals surface area (Å²) in [6, 6.07) is 3.10. The third-order valence-corrected chi connectivity index (χ3v) is 4.17. The number of hydrogen-bond acceptors (Lipinski definition) is 3. The number of rotatable bonds is 2. The van der Waals surface area contributed by atoms with Crippen molar-refractivity contribution in [3.8, 4) is 0 Å². The quantitative estimate of drug-likeness (QED) is 0.852. The van der Waals surface area contributed by atoms with Crippen LogP contribution in [0.4, 0.5) is 15.8 Å². The van der Waals surface area contributed by atoms with Crippen LogP contribution in [-0.4, -0.2) is 25.8 Å². The summed E-state index contributed by atoms with van der Waals surface area (Å²) in [6.07, 6.45) is 2.03. The number of piperidine rings is 1. The molecular weight excluding hydrogens is 299 g/mol. The standard InChI is InChI=1S/C13H18BrFN2O/c1-13(18-2)4-3-5-17(8-13)12-7-10(15)9(14)6-11(12)16/h6-7H,3-5,8,16H2,1-2H3. The summed E-state index contributed by atoms with van der Waals surface area (Å²) in [6.45, 7) is 3.68. The van der Waals surface area contributed by atoms with E-state index in [1.165, 1.54) is 6.07 Å². The zero-order valence-corrected chi connectivity index (χ0v) is 12.3. The highest BCUT2D eigenvalue weighted by molar-refractivity contribution is 9.10. The number of nitrogens with two attached hydrogens (primary N) is 1. The van der Waals surface area contributed by atoms with Gasteiger partial charge in [-0.25, -0.2) is 4.39 Å². The first-order chi connectivity index (χ1) is 8.45. The van der Waals surface area contributed by atoms with Crippen LogP contribution in [0, 0.1) is 5.82 Å². The molecule has 1 aromatic rings. The predicted octanol–water partition coefficient (Wildman–Crippen LogP) is 3.18. The first-order valence-electron chi connectivity index (χ1n) is 6.00. The van der Waals surface area contributed by atoms with Gasteiger partial charge < -0.3 is 15.4 Å². The molecule has 1 fully saturated rings. The van der Waals surface area contributed by atoms with Crippen molar-refractivity contribution in [2.75, 3.05) is 30.8 Å². The fourth-order valence-electron chi connectivity index (χ4n) is 2.40. The minimum atomic E-state index is -0.288. The first kappa shape index (κ1) is 13.6. The van der Waals surface area contributed by atoms with E-state index >= 15 is 0 Å². The van der Waals surface area contributed by atoms with Crippen molar-refractivity contribution in [1.29, 1.82) is 0 Å². The summed E-state index contributed by atoms with van der Waals surface area (Å²) in [5, 5.41) is 0. The molecule has 1 saturated heterocycles. The number of anilines is 2. The summed E-state index contributed by atoms with van der Waals surface area (Å²) in [5.74, 6) is -0.288. The largest absolute Gasteiger partial charge is 0.397 e. The minimum Gasteiger partial charge on any atom is -0.397 e. The predicted molar refractivity (Wildman–Crippen MR) is 75.4 cm³/mol. The Bertz CT molecular complexity index is 455. The van der Waals surface area contributed by atoms with Gasteiger partial charge in [0.15, 0.2) is 0 Å². The maximum atomic E-state index is 13.6. The number of nitrogen functional groups attached to an aromatic ring is 1. The molecule has 1 aromatic carbocycles. The van der Waals surface area contributed by atoms with Crippen LogP contribution >= 0.6 is 15.9 Å². The van der Waals surface area contributed by atoms with Crippen LogP contribution in [0.5, 0.6) is 0 Å². The Kier molecular flexibility index (Phi) is 3.82. The number of ether oxygens (including phenoxy) is 1. The molecule has 0 aromatic heterocycles. The van der Waals surface area contributed by atoms with Gasteiger partial charge in [0.25, 0.3) is 0 Å². The average Bonchev–Trinajstić information content (AvgIpc) is 2.34. The molecular formula is C13H18BrFN2O. The van der Waals surface area contributed by atoms with Gasteiger partial charge >= 0.3 is 0 Å². The molecule has 1 aliphatic heterocycles. The van der Waals surface area contributed by atoms with Crippen molar-refractivity contribution >= 4 is 27.3 Å². The van der Waals surface area contributed by atoms with E-state index < -0.39 is 0 Å². The van der Waals surface area contributed by atoms with Crippen LogP contribution in [0.1, 0.15) is 19.8 Å². The lowest BCUT2D eigenvalue weighted by Gasteiger charge is -2.41. The van der Waals surface area contributed by atoms with Crippen LogP contribution in [0.3, 0.4) is 0 Å². The van der Waals surface area contributed by atoms with E-state index in [2.05, 4.69) is 27.8 Å². The number of methoxy groups -OCH3 is 1. The molecule has 0 amide bonds. The van der Waals surface area contributed by atoms with Gasteiger partial charge in [-0.2, -0.15) is 0 Å². The van der Waals surface area contributed by atoms with Crippen LogP contribution in [0.15, 0.2) is 16.6 Å². The molecule has 100 valence electrons. The number of benzene rings is 1. The Morgan fingerprint density at radius 2 is 2.22 bits per heavy atom. The fourth-order valence-corrected chi connectivity index (χ4v) is 2.76. The molecule has 1 atom stereocenters. The van der Waals surface area contributed by atoms with Crippen LogP contribution < -0.4 is 10.6 Å². The Hall–Kier alpha value is -0.810. The van der Waals surface area contributed by atoms with Gasteiger partial charge in [0.05, 0.1) is 21.4 Å². The molecule has 0 radical (unpaired) electrons. The number of hydrogen-bond donors (Lipinski definition) is 1. The van der Waals surface area contributed by atoms with Gasteiger partial charge in [0, 0.05) is 26.3 Å². The molecule has 1 aliphatic rings. The molecule has 0 aliphatic carbocycles. The van der Waals surface area contributed by atoms with Gasteiger partial charge in [0.1, 0.15) is 5.82 Å². The van der Waals surface area contributed by atoms with E-state index in [1.54, 1.807) is 13.2 Å². The van der Waals surface area contributed by atoms with E-state index in [0.717, 1.165) is 31.6 Å². The van der Waals surface area contributed by atoms with Crippen LogP contribution in [0.2, 0.25) is 0 Å². The van der Waals surface area contributed by atoms with Gasteiger partial charge in [-0.3, -0.25) is 0 Å². The van der Waals surface area contributed by atoms with Crippen molar-refractivity contribution in [2.24, 2.45) is 0 Å². The van der Waals surface area contributed by atoms with E-state index in [0.29, 0.717) is 10.2 Å². The Morgan fingerprint density at radius 1 is 1.50 bits per heavy atom. The van der Waals surface area contributed by atoms with Crippen LogP contribution in [-0.2, 0) is 4.74 Å². The third kappa shape index (κ3) is 2.62. The highest BCUT2D eigenvalue weighted by Crippen LogP contribution is 2.34. The second-order valence-corrected chi connectivity index (χ2v) is 5.86. The maximum absolute atomic E-state index is 13.6. The minimum absolute atomic E-state index is 0.186. The molecule has 1 heterocycles. The highest BCUT2D eigenvalue weighted by atomic mass is 79.9. The van der Waals surface area contributed by atoms with E-state index in [1.807, 2.05) is 0 Å². The zero-order chi connectivity index (χ0) is 13.3. The molecule has 5 heteroatoms. The van der Waals surface area contributed by atoms with Gasteiger partial charge in [-0.15, -0.1) is 0 Å². The monoisotopic (exact) mass is 316 g/mol. The summed E-state index contributed by atoms with van der Waals surface area (Å²) < 4.78 is 19.6. The van der Waals surface area contributed by atoms with Crippen molar-refractivity contribution in [3.05, 3.63) is 22.4 Å². The molecule has 1 unspecified atom stereocenters. The topological polar surface area (TPSA) is 38.5 Å². The fraction of sp³-hybridized carbons (Fsp3) is 0.538. The van der Waals surface area contributed by atoms with Crippen molar-refractivity contribution in [3.63, 3.8) is 0 Å². The normalized spacial score (nSPS) is 24.3. The van der Waals surface area contributed by atoms with Gasteiger partial charge in [-0.05, 0) is 41.8 Å². The highest BCUT2D eigenvalue weighted by Gasteiger charge is 2.31. The Balaban J connectivity index is 2.29. The van der Waals surface area contributed by atoms with Gasteiger partial charge in [0.2, 0.25) is 0 Å². The third-order valence-electron chi connectivity index (χ3n) is 3.56. The lowest BCUT2D eigenvalue weighted by atomic mass is 9.94. The molecule has 0 spiro atoms. The smallest absolute Gasteiger partial charge is 0.139 e. The summed E-state index contributed by atoms with van der Waals surface area (Å²) in [4.78, 5) is 2.10. The van der Waals surface area contributed by atoms with Crippen molar-refractivity contribution < 1.29 is 9.13 Å². The lowest BCUT2D eigenvalue weighted by molar-refractivity contribution is -0.00463. The summed E-state index contributed by atoms with van der Waals surface area (Å²) >= 11 is 3.14. The summed E-state index contributed by atoms with van der Waals surface area (Å²) in [7, 11) is 1.72.